The Morgan fingerprint density at radius 3 is 2.60 bits per heavy atom. The molecule has 78 valence electrons. The summed E-state index contributed by atoms with van der Waals surface area (Å²) in [7, 11) is 0. The second-order valence-corrected chi connectivity index (χ2v) is 3.82. The predicted octanol–water partition coefficient (Wildman–Crippen LogP) is 3.23. The van der Waals surface area contributed by atoms with E-state index >= 15 is 0 Å². The Bertz CT molecular complexity index is 565. The number of para-hydroxylation sites is 1. The second-order valence-electron chi connectivity index (χ2n) is 3.03. The van der Waals surface area contributed by atoms with E-state index < -0.39 is 11.9 Å². The van der Waals surface area contributed by atoms with Gasteiger partial charge < -0.3 is 4.98 Å². The van der Waals surface area contributed by atoms with E-state index in [-0.39, 0.29) is 10.2 Å². The lowest BCUT2D eigenvalue weighted by Crippen LogP contribution is -2.08. The molecule has 5 heteroatoms. The number of fused-ring (bicyclic) bond motifs is 1. The molecule has 1 heterocycles. The molecule has 0 atom stereocenters. The Hall–Kier alpha value is -1.23. The van der Waals surface area contributed by atoms with E-state index in [1.807, 2.05) is 0 Å². The molecule has 0 aliphatic carbocycles. The van der Waals surface area contributed by atoms with E-state index in [4.69, 9.17) is 0 Å². The zero-order valence-electron chi connectivity index (χ0n) is 7.43. The van der Waals surface area contributed by atoms with Crippen LogP contribution < -0.4 is 5.43 Å². The number of aromatic amines is 1. The van der Waals surface area contributed by atoms with Gasteiger partial charge in [-0.05, 0) is 28.1 Å². The molecular weight excluding hydrogens is 268 g/mol. The van der Waals surface area contributed by atoms with Gasteiger partial charge in [-0.25, -0.2) is 8.78 Å². The number of H-pyrrole nitrogens is 1. The average molecular weight is 274 g/mol. The summed E-state index contributed by atoms with van der Waals surface area (Å²) >= 11 is 2.88. The number of hydrogen-bond acceptors (Lipinski definition) is 1. The number of halogens is 3. The molecule has 0 amide bonds. The van der Waals surface area contributed by atoms with Crippen molar-refractivity contribution in [3.63, 3.8) is 0 Å². The van der Waals surface area contributed by atoms with Crippen molar-refractivity contribution in [2.45, 2.75) is 6.43 Å². The van der Waals surface area contributed by atoms with Gasteiger partial charge >= 0.3 is 0 Å². The van der Waals surface area contributed by atoms with Gasteiger partial charge in [-0.2, -0.15) is 0 Å². The van der Waals surface area contributed by atoms with Gasteiger partial charge in [0.1, 0.15) is 5.69 Å². The fourth-order valence-corrected chi connectivity index (χ4v) is 1.87. The van der Waals surface area contributed by atoms with Gasteiger partial charge in [-0.1, -0.05) is 12.1 Å². The molecule has 0 aliphatic rings. The van der Waals surface area contributed by atoms with Gasteiger partial charge in [0.15, 0.2) is 0 Å². The van der Waals surface area contributed by atoms with Crippen LogP contribution in [0.4, 0.5) is 8.78 Å². The maximum Gasteiger partial charge on any atom is 0.279 e. The largest absolute Gasteiger partial charge is 0.353 e. The third kappa shape index (κ3) is 1.67. The lowest BCUT2D eigenvalue weighted by molar-refractivity contribution is 0.145. The Labute approximate surface area is 92.1 Å². The van der Waals surface area contributed by atoms with E-state index in [1.165, 1.54) is 0 Å². The average Bonchev–Trinajstić information content (AvgIpc) is 2.23. The molecule has 0 bridgehead atoms. The molecule has 2 nitrogen and oxygen atoms in total. The second kappa shape index (κ2) is 3.73. The Kier molecular flexibility index (Phi) is 2.56. The van der Waals surface area contributed by atoms with Crippen LogP contribution in [-0.2, 0) is 0 Å². The maximum atomic E-state index is 12.5. The van der Waals surface area contributed by atoms with Crippen LogP contribution in [0.2, 0.25) is 0 Å². The van der Waals surface area contributed by atoms with Crippen LogP contribution in [0.5, 0.6) is 0 Å². The van der Waals surface area contributed by atoms with Crippen LogP contribution in [0.25, 0.3) is 10.9 Å². The fraction of sp³-hybridized carbons (Fsp3) is 0.100. The van der Waals surface area contributed by atoms with Crippen molar-refractivity contribution in [2.24, 2.45) is 0 Å². The van der Waals surface area contributed by atoms with Crippen molar-refractivity contribution < 1.29 is 8.78 Å². The highest BCUT2D eigenvalue weighted by molar-refractivity contribution is 9.10. The summed E-state index contributed by atoms with van der Waals surface area (Å²) in [6.07, 6.45) is -2.70. The first kappa shape index (κ1) is 10.3. The topological polar surface area (TPSA) is 32.9 Å². The Morgan fingerprint density at radius 1 is 1.27 bits per heavy atom. The van der Waals surface area contributed by atoms with Crippen LogP contribution in [0.15, 0.2) is 33.5 Å². The number of pyridine rings is 1. The van der Waals surface area contributed by atoms with Crippen molar-refractivity contribution >= 4 is 26.8 Å². The van der Waals surface area contributed by atoms with Crippen LogP contribution in [-0.4, -0.2) is 4.98 Å². The molecule has 0 spiro atoms. The van der Waals surface area contributed by atoms with Crippen LogP contribution in [0.1, 0.15) is 12.1 Å². The number of alkyl halides is 2. The third-order valence-electron chi connectivity index (χ3n) is 2.10. The van der Waals surface area contributed by atoms with E-state index in [0.29, 0.717) is 10.9 Å². The molecule has 0 saturated carbocycles. The Morgan fingerprint density at radius 2 is 1.93 bits per heavy atom. The standard InChI is InChI=1S/C10H6BrF2NO/c11-7-8(10(12)13)14-6-4-2-1-3-5(6)9(7)15/h1-4,10H,(H,14,15). The fourth-order valence-electron chi connectivity index (χ4n) is 1.38. The summed E-state index contributed by atoms with van der Waals surface area (Å²) in [5, 5.41) is 0.397. The van der Waals surface area contributed by atoms with Crippen molar-refractivity contribution in [3.05, 3.63) is 44.7 Å². The minimum Gasteiger partial charge on any atom is -0.353 e. The maximum absolute atomic E-state index is 12.5. The molecular formula is C10H6BrF2NO. The minimum absolute atomic E-state index is 0.101. The molecule has 1 aromatic carbocycles. The van der Waals surface area contributed by atoms with Gasteiger partial charge in [-0.15, -0.1) is 0 Å². The molecule has 15 heavy (non-hydrogen) atoms. The molecule has 0 saturated heterocycles. The van der Waals surface area contributed by atoms with Crippen molar-refractivity contribution in [1.82, 2.24) is 4.98 Å². The molecule has 0 fully saturated rings. The number of rotatable bonds is 1. The first-order chi connectivity index (χ1) is 7.11. The lowest BCUT2D eigenvalue weighted by Gasteiger charge is -2.05. The van der Waals surface area contributed by atoms with Gasteiger partial charge in [-0.3, -0.25) is 4.79 Å². The molecule has 2 aromatic rings. The zero-order chi connectivity index (χ0) is 11.0. The normalized spacial score (nSPS) is 11.2. The van der Waals surface area contributed by atoms with Crippen molar-refractivity contribution in [3.8, 4) is 0 Å². The first-order valence-electron chi connectivity index (χ1n) is 4.20. The van der Waals surface area contributed by atoms with Crippen molar-refractivity contribution in [1.29, 1.82) is 0 Å². The predicted molar refractivity (Wildman–Crippen MR) is 57.2 cm³/mol. The molecule has 0 radical (unpaired) electrons. The quantitative estimate of drug-likeness (QED) is 0.850. The molecule has 1 aromatic heterocycles. The summed E-state index contributed by atoms with van der Waals surface area (Å²) in [5.74, 6) is 0. The summed E-state index contributed by atoms with van der Waals surface area (Å²) < 4.78 is 25.0. The number of benzene rings is 1. The summed E-state index contributed by atoms with van der Waals surface area (Å²) in [5.41, 5.74) is -0.376. The van der Waals surface area contributed by atoms with Gasteiger partial charge in [0, 0.05) is 10.9 Å². The minimum atomic E-state index is -2.70. The zero-order valence-corrected chi connectivity index (χ0v) is 9.01. The Balaban J connectivity index is 2.89. The highest BCUT2D eigenvalue weighted by Gasteiger charge is 2.16. The highest BCUT2D eigenvalue weighted by atomic mass is 79.9. The summed E-state index contributed by atoms with van der Waals surface area (Å²) in [6.45, 7) is 0. The number of aromatic nitrogens is 1. The SMILES string of the molecule is O=c1c(Br)c(C(F)F)[nH]c2ccccc12. The highest BCUT2D eigenvalue weighted by Crippen LogP contribution is 2.24. The van der Waals surface area contributed by atoms with E-state index in [2.05, 4.69) is 20.9 Å². The van der Waals surface area contributed by atoms with Gasteiger partial charge in [0.2, 0.25) is 5.43 Å². The monoisotopic (exact) mass is 273 g/mol. The molecule has 0 unspecified atom stereocenters. The van der Waals surface area contributed by atoms with Gasteiger partial charge in [0.05, 0.1) is 4.47 Å². The molecule has 2 rings (SSSR count). The van der Waals surface area contributed by atoms with Crippen LogP contribution >= 0.6 is 15.9 Å². The molecule has 1 N–H and O–H groups in total. The van der Waals surface area contributed by atoms with E-state index in [1.54, 1.807) is 24.3 Å². The van der Waals surface area contributed by atoms with Gasteiger partial charge in [0.25, 0.3) is 6.43 Å². The van der Waals surface area contributed by atoms with E-state index in [0.717, 1.165) is 0 Å². The van der Waals surface area contributed by atoms with Crippen molar-refractivity contribution in [2.75, 3.05) is 0 Å². The smallest absolute Gasteiger partial charge is 0.279 e. The number of nitrogens with one attached hydrogen (secondary N) is 1. The molecule has 0 aliphatic heterocycles. The van der Waals surface area contributed by atoms with E-state index in [9.17, 15) is 13.6 Å². The number of hydrogen-bond donors (Lipinski definition) is 1. The van der Waals surface area contributed by atoms with Crippen LogP contribution in [0, 0.1) is 0 Å². The summed E-state index contributed by atoms with van der Waals surface area (Å²) in [6, 6.07) is 6.55. The van der Waals surface area contributed by atoms with Crippen LogP contribution in [0.3, 0.4) is 0 Å². The third-order valence-corrected chi connectivity index (χ3v) is 2.88. The lowest BCUT2D eigenvalue weighted by atomic mass is 10.2. The summed E-state index contributed by atoms with van der Waals surface area (Å²) in [4.78, 5) is 14.2. The first-order valence-corrected chi connectivity index (χ1v) is 4.99.